The van der Waals surface area contributed by atoms with Gasteiger partial charge < -0.3 is 20.7 Å². The van der Waals surface area contributed by atoms with Crippen molar-refractivity contribution < 1.29 is 19.7 Å². The smallest absolute Gasteiger partial charge is 0.248 e. The number of nitrogens with two attached hydrogens (primary N) is 1. The number of hydrogen-bond acceptors (Lipinski definition) is 4. The fourth-order valence-electron chi connectivity index (χ4n) is 1.01. The van der Waals surface area contributed by atoms with Crippen molar-refractivity contribution in [3.05, 3.63) is 28.8 Å². The van der Waals surface area contributed by atoms with E-state index in [-0.39, 0.29) is 17.2 Å². The Morgan fingerprint density at radius 1 is 1.56 bits per heavy atom. The highest BCUT2D eigenvalue weighted by atomic mass is 35.5. The van der Waals surface area contributed by atoms with Crippen LogP contribution in [0.1, 0.15) is 10.4 Å². The standard InChI is InChI=1S/C10H12ClNO4/c11-8-3-6(10(12)15)1-2-9(8)16-5-7(14)4-13/h1-3,7,13-14H,4-5H2,(H2,12,15)/t7-/m0/s1. The Bertz CT molecular complexity index is 383. The summed E-state index contributed by atoms with van der Waals surface area (Å²) in [6.07, 6.45) is -0.966. The third kappa shape index (κ3) is 3.37. The zero-order valence-electron chi connectivity index (χ0n) is 8.39. The van der Waals surface area contributed by atoms with Gasteiger partial charge in [-0.05, 0) is 18.2 Å². The lowest BCUT2D eigenvalue weighted by Crippen LogP contribution is -2.21. The predicted octanol–water partition coefficient (Wildman–Crippen LogP) is 0.171. The Kier molecular flexibility index (Phi) is 4.54. The minimum absolute atomic E-state index is 0.0772. The number of hydrogen-bond donors (Lipinski definition) is 3. The van der Waals surface area contributed by atoms with Crippen LogP contribution in [0, 0.1) is 0 Å². The van der Waals surface area contributed by atoms with Crippen molar-refractivity contribution in [2.75, 3.05) is 13.2 Å². The fraction of sp³-hybridized carbons (Fsp3) is 0.300. The number of ether oxygens (including phenoxy) is 1. The Balaban J connectivity index is 2.72. The highest BCUT2D eigenvalue weighted by Gasteiger charge is 2.08. The van der Waals surface area contributed by atoms with Gasteiger partial charge in [-0.3, -0.25) is 4.79 Å². The summed E-state index contributed by atoms with van der Waals surface area (Å²) in [5.74, 6) is -0.261. The first-order valence-electron chi connectivity index (χ1n) is 4.55. The normalized spacial score (nSPS) is 12.2. The lowest BCUT2D eigenvalue weighted by molar-refractivity contribution is 0.0536. The molecule has 1 amide bonds. The Hall–Kier alpha value is -1.30. The molecule has 16 heavy (non-hydrogen) atoms. The molecule has 0 spiro atoms. The number of primary amides is 1. The van der Waals surface area contributed by atoms with Crippen molar-refractivity contribution in [1.82, 2.24) is 0 Å². The molecule has 0 fully saturated rings. The summed E-state index contributed by atoms with van der Waals surface area (Å²) in [5.41, 5.74) is 5.34. The van der Waals surface area contributed by atoms with Crippen LogP contribution in [-0.2, 0) is 0 Å². The van der Waals surface area contributed by atoms with Crippen molar-refractivity contribution in [3.8, 4) is 5.75 Å². The lowest BCUT2D eigenvalue weighted by Gasteiger charge is -2.11. The molecule has 1 atom stereocenters. The summed E-state index contributed by atoms with van der Waals surface area (Å²) in [6, 6.07) is 4.33. The van der Waals surface area contributed by atoms with Gasteiger partial charge in [0.25, 0.3) is 0 Å². The molecule has 0 aliphatic rings. The molecule has 1 aromatic rings. The quantitative estimate of drug-likeness (QED) is 0.690. The molecule has 0 aliphatic heterocycles. The van der Waals surface area contributed by atoms with Gasteiger partial charge in [0, 0.05) is 5.56 Å². The molecule has 0 bridgehead atoms. The second kappa shape index (κ2) is 5.69. The Morgan fingerprint density at radius 3 is 2.75 bits per heavy atom. The van der Waals surface area contributed by atoms with Crippen LogP contribution in [0.25, 0.3) is 0 Å². The molecule has 1 rings (SSSR count). The van der Waals surface area contributed by atoms with Gasteiger partial charge in [0.05, 0.1) is 11.6 Å². The van der Waals surface area contributed by atoms with E-state index in [4.69, 9.17) is 32.3 Å². The number of halogens is 1. The SMILES string of the molecule is NC(=O)c1ccc(OC[C@@H](O)CO)c(Cl)c1. The predicted molar refractivity (Wildman–Crippen MR) is 58.6 cm³/mol. The Morgan fingerprint density at radius 2 is 2.25 bits per heavy atom. The van der Waals surface area contributed by atoms with Crippen LogP contribution in [0.15, 0.2) is 18.2 Å². The minimum atomic E-state index is -0.966. The molecule has 1 aromatic carbocycles. The molecule has 0 heterocycles. The van der Waals surface area contributed by atoms with E-state index in [1.165, 1.54) is 18.2 Å². The number of benzene rings is 1. The van der Waals surface area contributed by atoms with Gasteiger partial charge in [0.15, 0.2) is 0 Å². The van der Waals surface area contributed by atoms with Crippen LogP contribution in [0.4, 0.5) is 0 Å². The summed E-state index contributed by atoms with van der Waals surface area (Å²) >= 11 is 5.82. The van der Waals surface area contributed by atoms with Crippen LogP contribution in [0.5, 0.6) is 5.75 Å². The largest absolute Gasteiger partial charge is 0.489 e. The highest BCUT2D eigenvalue weighted by Crippen LogP contribution is 2.25. The minimum Gasteiger partial charge on any atom is -0.489 e. The zero-order chi connectivity index (χ0) is 12.1. The topological polar surface area (TPSA) is 92.8 Å². The first-order valence-corrected chi connectivity index (χ1v) is 4.93. The molecular formula is C10H12ClNO4. The van der Waals surface area contributed by atoms with E-state index in [1.54, 1.807) is 0 Å². The molecule has 0 aromatic heterocycles. The lowest BCUT2D eigenvalue weighted by atomic mass is 10.2. The first kappa shape index (κ1) is 12.8. The van der Waals surface area contributed by atoms with Crippen molar-refractivity contribution in [1.29, 1.82) is 0 Å². The maximum absolute atomic E-state index is 10.8. The van der Waals surface area contributed by atoms with Crippen LogP contribution in [-0.4, -0.2) is 35.4 Å². The molecular weight excluding hydrogens is 234 g/mol. The maximum Gasteiger partial charge on any atom is 0.248 e. The second-order valence-electron chi connectivity index (χ2n) is 3.16. The zero-order valence-corrected chi connectivity index (χ0v) is 9.15. The van der Waals surface area contributed by atoms with E-state index in [0.29, 0.717) is 5.75 Å². The third-order valence-electron chi connectivity index (χ3n) is 1.86. The summed E-state index contributed by atoms with van der Waals surface area (Å²) in [6.45, 7) is -0.469. The van der Waals surface area contributed by atoms with E-state index in [9.17, 15) is 4.79 Å². The monoisotopic (exact) mass is 245 g/mol. The molecule has 0 saturated carbocycles. The van der Waals surface area contributed by atoms with Crippen LogP contribution < -0.4 is 10.5 Å². The third-order valence-corrected chi connectivity index (χ3v) is 2.15. The maximum atomic E-state index is 10.8. The number of carbonyl (C=O) groups is 1. The number of amides is 1. The molecule has 5 nitrogen and oxygen atoms in total. The number of aliphatic hydroxyl groups is 2. The van der Waals surface area contributed by atoms with Gasteiger partial charge in [-0.15, -0.1) is 0 Å². The van der Waals surface area contributed by atoms with E-state index in [0.717, 1.165) is 0 Å². The number of carbonyl (C=O) groups excluding carboxylic acids is 1. The van der Waals surface area contributed by atoms with Gasteiger partial charge in [0.2, 0.25) is 5.91 Å². The van der Waals surface area contributed by atoms with Gasteiger partial charge in [-0.2, -0.15) is 0 Å². The number of rotatable bonds is 5. The molecule has 0 radical (unpaired) electrons. The van der Waals surface area contributed by atoms with E-state index < -0.39 is 18.6 Å². The van der Waals surface area contributed by atoms with Gasteiger partial charge in [0.1, 0.15) is 18.5 Å². The average molecular weight is 246 g/mol. The molecule has 0 saturated heterocycles. The molecule has 88 valence electrons. The van der Waals surface area contributed by atoms with Crippen LogP contribution in [0.2, 0.25) is 5.02 Å². The summed E-state index contributed by atoms with van der Waals surface area (Å²) in [7, 11) is 0. The summed E-state index contributed by atoms with van der Waals surface area (Å²) in [5, 5.41) is 17.9. The van der Waals surface area contributed by atoms with Crippen molar-refractivity contribution >= 4 is 17.5 Å². The summed E-state index contributed by atoms with van der Waals surface area (Å²) in [4.78, 5) is 10.8. The van der Waals surface area contributed by atoms with E-state index in [2.05, 4.69) is 0 Å². The number of aliphatic hydroxyl groups excluding tert-OH is 2. The van der Waals surface area contributed by atoms with E-state index >= 15 is 0 Å². The van der Waals surface area contributed by atoms with Gasteiger partial charge in [-0.1, -0.05) is 11.6 Å². The Labute approximate surface area is 97.4 Å². The summed E-state index contributed by atoms with van der Waals surface area (Å²) < 4.78 is 5.13. The first-order chi connectivity index (χ1) is 7.54. The van der Waals surface area contributed by atoms with E-state index in [1.807, 2.05) is 0 Å². The van der Waals surface area contributed by atoms with Gasteiger partial charge in [-0.25, -0.2) is 0 Å². The van der Waals surface area contributed by atoms with Crippen LogP contribution in [0.3, 0.4) is 0 Å². The molecule has 6 heteroatoms. The van der Waals surface area contributed by atoms with Crippen molar-refractivity contribution in [3.63, 3.8) is 0 Å². The van der Waals surface area contributed by atoms with Gasteiger partial charge >= 0.3 is 0 Å². The molecule has 0 aliphatic carbocycles. The fourth-order valence-corrected chi connectivity index (χ4v) is 1.24. The highest BCUT2D eigenvalue weighted by molar-refractivity contribution is 6.32. The van der Waals surface area contributed by atoms with Crippen molar-refractivity contribution in [2.45, 2.75) is 6.10 Å². The van der Waals surface area contributed by atoms with Crippen LogP contribution >= 0.6 is 11.6 Å². The molecule has 0 unspecified atom stereocenters. The van der Waals surface area contributed by atoms with Crippen molar-refractivity contribution in [2.24, 2.45) is 5.73 Å². The second-order valence-corrected chi connectivity index (χ2v) is 3.56. The average Bonchev–Trinajstić information content (AvgIpc) is 2.26. The molecule has 4 N–H and O–H groups in total.